The summed E-state index contributed by atoms with van der Waals surface area (Å²) in [4.78, 5) is 13.3. The molecule has 0 aromatic carbocycles. The average Bonchev–Trinajstić information content (AvgIpc) is 2.65. The molecule has 0 spiro atoms. The molecule has 4 nitrogen and oxygen atoms in total. The van der Waals surface area contributed by atoms with Crippen LogP contribution in [0.4, 0.5) is 0 Å². The third-order valence-corrected chi connectivity index (χ3v) is 4.75. The summed E-state index contributed by atoms with van der Waals surface area (Å²) in [6, 6.07) is 1.04. The Labute approximate surface area is 93.4 Å². The molecule has 15 heavy (non-hydrogen) atoms. The van der Waals surface area contributed by atoms with Crippen molar-refractivity contribution in [2.75, 3.05) is 27.3 Å². The Kier molecular flexibility index (Phi) is 5.89. The van der Waals surface area contributed by atoms with Crippen molar-refractivity contribution in [3.63, 3.8) is 0 Å². The number of carbonyl (C=O) groups is 1. The minimum atomic E-state index is -1.38. The summed E-state index contributed by atoms with van der Waals surface area (Å²) in [6.07, 6.45) is 3.95. The first-order valence-corrected chi connectivity index (χ1v) is 7.37. The highest BCUT2D eigenvalue weighted by Crippen LogP contribution is 2.11. The third-order valence-electron chi connectivity index (χ3n) is 2.82. The molecule has 0 radical (unpaired) electrons. The first kappa shape index (κ1) is 12.7. The van der Waals surface area contributed by atoms with Gasteiger partial charge in [0.25, 0.3) is 0 Å². The fraction of sp³-hybridized carbons (Fsp3) is 0.900. The van der Waals surface area contributed by atoms with E-state index in [2.05, 4.69) is 0 Å². The van der Waals surface area contributed by atoms with Crippen molar-refractivity contribution in [3.05, 3.63) is 0 Å². The molecular weight excluding hydrogens is 210 g/mol. The molecule has 0 saturated carbocycles. The summed E-state index contributed by atoms with van der Waals surface area (Å²) in [5.41, 5.74) is 0. The Bertz CT molecular complexity index is 197. The van der Waals surface area contributed by atoms with Gasteiger partial charge in [-0.2, -0.15) is 0 Å². The molecule has 0 aromatic heterocycles. The van der Waals surface area contributed by atoms with Crippen molar-refractivity contribution in [1.82, 2.24) is 4.90 Å². The first-order valence-electron chi connectivity index (χ1n) is 5.61. The zero-order chi connectivity index (χ0) is 11.1. The van der Waals surface area contributed by atoms with E-state index in [1.807, 2.05) is 4.90 Å². The maximum absolute atomic E-state index is 11.3. The van der Waals surface area contributed by atoms with Gasteiger partial charge in [-0.15, -0.1) is 0 Å². The van der Waals surface area contributed by atoms with E-state index in [1.165, 1.54) is 0 Å². The van der Waals surface area contributed by atoms with E-state index in [9.17, 15) is 4.79 Å². The lowest BCUT2D eigenvalue weighted by atomic mass is 10.3. The van der Waals surface area contributed by atoms with Gasteiger partial charge in [-0.05, 0) is 25.3 Å². The van der Waals surface area contributed by atoms with Crippen molar-refractivity contribution in [2.45, 2.75) is 31.7 Å². The van der Waals surface area contributed by atoms with Crippen LogP contribution in [0.1, 0.15) is 25.7 Å². The summed E-state index contributed by atoms with van der Waals surface area (Å²) in [6.45, 7) is 1.86. The first-order chi connectivity index (χ1) is 7.27. The fourth-order valence-electron chi connectivity index (χ4n) is 1.89. The Morgan fingerprint density at radius 1 is 1.33 bits per heavy atom. The topological polar surface area (TPSA) is 38.8 Å². The van der Waals surface area contributed by atoms with Crippen LogP contribution in [0.2, 0.25) is 6.04 Å². The van der Waals surface area contributed by atoms with Gasteiger partial charge < -0.3 is 13.8 Å². The van der Waals surface area contributed by atoms with Gasteiger partial charge in [0.15, 0.2) is 0 Å². The Morgan fingerprint density at radius 2 is 2.07 bits per heavy atom. The molecule has 0 aromatic rings. The highest BCUT2D eigenvalue weighted by Gasteiger charge is 2.19. The van der Waals surface area contributed by atoms with Gasteiger partial charge in [-0.25, -0.2) is 0 Å². The van der Waals surface area contributed by atoms with Crippen LogP contribution in [0.3, 0.4) is 0 Å². The summed E-state index contributed by atoms with van der Waals surface area (Å²) in [5.74, 6) is 0.322. The molecule has 0 atom stereocenters. The lowest BCUT2D eigenvalue weighted by Gasteiger charge is -2.16. The van der Waals surface area contributed by atoms with E-state index >= 15 is 0 Å². The van der Waals surface area contributed by atoms with Crippen LogP contribution >= 0.6 is 0 Å². The van der Waals surface area contributed by atoms with E-state index in [0.29, 0.717) is 5.91 Å². The molecule has 1 amide bonds. The average molecular weight is 231 g/mol. The Hall–Kier alpha value is -0.393. The molecule has 1 fully saturated rings. The number of nitrogens with zero attached hydrogens (tertiary/aromatic N) is 1. The highest BCUT2D eigenvalue weighted by atomic mass is 28.3. The van der Waals surface area contributed by atoms with E-state index in [-0.39, 0.29) is 0 Å². The van der Waals surface area contributed by atoms with Gasteiger partial charge in [0.2, 0.25) is 5.91 Å². The number of hydrogen-bond donors (Lipinski definition) is 0. The van der Waals surface area contributed by atoms with Gasteiger partial charge >= 0.3 is 9.28 Å². The molecule has 0 bridgehead atoms. The fourth-order valence-corrected chi connectivity index (χ4v) is 3.17. The second-order valence-corrected chi connectivity index (χ2v) is 6.26. The maximum Gasteiger partial charge on any atom is 0.320 e. The molecule has 1 aliphatic heterocycles. The number of amides is 1. The van der Waals surface area contributed by atoms with Crippen LogP contribution in [0.5, 0.6) is 0 Å². The Balaban J connectivity index is 2.03. The standard InChI is InChI=1S/C10H21NO3Si/c1-13-15(14-2)9-4-3-7-11-8-5-6-10(11)12/h15H,3-9H2,1-2H3. The van der Waals surface area contributed by atoms with Crippen LogP contribution in [-0.4, -0.2) is 47.4 Å². The molecule has 0 N–H and O–H groups in total. The minimum absolute atomic E-state index is 0.322. The molecule has 1 saturated heterocycles. The Morgan fingerprint density at radius 3 is 2.60 bits per heavy atom. The van der Waals surface area contributed by atoms with E-state index in [1.54, 1.807) is 14.2 Å². The number of unbranched alkanes of at least 4 members (excludes halogenated alkanes) is 1. The lowest BCUT2D eigenvalue weighted by Crippen LogP contribution is -2.26. The van der Waals surface area contributed by atoms with Crippen molar-refractivity contribution in [2.24, 2.45) is 0 Å². The van der Waals surface area contributed by atoms with Crippen LogP contribution in [0.15, 0.2) is 0 Å². The normalized spacial score (nSPS) is 16.7. The third kappa shape index (κ3) is 4.32. The lowest BCUT2D eigenvalue weighted by molar-refractivity contribution is -0.127. The quantitative estimate of drug-likeness (QED) is 0.483. The zero-order valence-electron chi connectivity index (χ0n) is 9.70. The zero-order valence-corrected chi connectivity index (χ0v) is 10.9. The number of rotatable bonds is 7. The predicted octanol–water partition coefficient (Wildman–Crippen LogP) is 0.902. The van der Waals surface area contributed by atoms with E-state index in [0.717, 1.165) is 44.8 Å². The van der Waals surface area contributed by atoms with Crippen LogP contribution in [0, 0.1) is 0 Å². The largest absolute Gasteiger partial charge is 0.400 e. The van der Waals surface area contributed by atoms with Gasteiger partial charge in [-0.1, -0.05) is 0 Å². The summed E-state index contributed by atoms with van der Waals surface area (Å²) in [5, 5.41) is 0. The van der Waals surface area contributed by atoms with Crippen molar-refractivity contribution in [1.29, 1.82) is 0 Å². The molecule has 0 unspecified atom stereocenters. The molecule has 5 heteroatoms. The number of hydrogen-bond acceptors (Lipinski definition) is 3. The molecular formula is C10H21NO3Si. The van der Waals surface area contributed by atoms with Gasteiger partial charge in [0.1, 0.15) is 0 Å². The van der Waals surface area contributed by atoms with E-state index < -0.39 is 9.28 Å². The van der Waals surface area contributed by atoms with Crippen molar-refractivity contribution < 1.29 is 13.6 Å². The van der Waals surface area contributed by atoms with Crippen LogP contribution in [0.25, 0.3) is 0 Å². The summed E-state index contributed by atoms with van der Waals surface area (Å²) in [7, 11) is 2.05. The molecule has 0 aliphatic carbocycles. The maximum atomic E-state index is 11.3. The number of likely N-dealkylation sites (tertiary alicyclic amines) is 1. The predicted molar refractivity (Wildman–Crippen MR) is 61.0 cm³/mol. The SMILES string of the molecule is CO[SiH](CCCCN1CCCC1=O)OC. The molecule has 1 heterocycles. The van der Waals surface area contributed by atoms with Gasteiger partial charge in [0.05, 0.1) is 0 Å². The molecule has 1 aliphatic rings. The van der Waals surface area contributed by atoms with Crippen LogP contribution in [-0.2, 0) is 13.6 Å². The van der Waals surface area contributed by atoms with Crippen LogP contribution < -0.4 is 0 Å². The van der Waals surface area contributed by atoms with Crippen molar-refractivity contribution >= 4 is 15.2 Å². The molecule has 88 valence electrons. The van der Waals surface area contributed by atoms with E-state index in [4.69, 9.17) is 8.85 Å². The monoisotopic (exact) mass is 231 g/mol. The van der Waals surface area contributed by atoms with Gasteiger partial charge in [-0.3, -0.25) is 4.79 Å². The summed E-state index contributed by atoms with van der Waals surface area (Å²) >= 11 is 0. The smallest absolute Gasteiger partial charge is 0.320 e. The second kappa shape index (κ2) is 6.98. The second-order valence-electron chi connectivity index (χ2n) is 3.88. The van der Waals surface area contributed by atoms with Crippen molar-refractivity contribution in [3.8, 4) is 0 Å². The summed E-state index contributed by atoms with van der Waals surface area (Å²) < 4.78 is 10.5. The molecule has 1 rings (SSSR count). The highest BCUT2D eigenvalue weighted by molar-refractivity contribution is 6.44. The number of carbonyl (C=O) groups excluding carboxylic acids is 1. The minimum Gasteiger partial charge on any atom is -0.400 e. The van der Waals surface area contributed by atoms with Gasteiger partial charge in [0, 0.05) is 33.7 Å².